The number of benzene rings is 1. The number of hydrogen-bond donors (Lipinski definition) is 2. The van der Waals surface area contributed by atoms with Gasteiger partial charge in [0, 0.05) is 0 Å². The Hall–Kier alpha value is -2.11. The zero-order chi connectivity index (χ0) is 12.8. The van der Waals surface area contributed by atoms with Gasteiger partial charge in [-0.15, -0.1) is 0 Å². The standard InChI is InChI=1S/C11H12FNO4/c1-17-10-3-2-7(4-8(10)12)9(13-6-14)5-11(15)16/h2-4,6,9H,5H2,1H3,(H,13,14)(H,15,16)/t9-/m0/s1. The van der Waals surface area contributed by atoms with E-state index in [9.17, 15) is 14.0 Å². The summed E-state index contributed by atoms with van der Waals surface area (Å²) in [4.78, 5) is 20.9. The van der Waals surface area contributed by atoms with Gasteiger partial charge < -0.3 is 15.2 Å². The Morgan fingerprint density at radius 3 is 2.82 bits per heavy atom. The number of hydrogen-bond acceptors (Lipinski definition) is 3. The summed E-state index contributed by atoms with van der Waals surface area (Å²) < 4.78 is 18.1. The second-order valence-electron chi connectivity index (χ2n) is 3.33. The lowest BCUT2D eigenvalue weighted by Gasteiger charge is -2.15. The second kappa shape index (κ2) is 5.83. The number of carboxylic acids is 1. The Kier molecular flexibility index (Phi) is 4.45. The molecule has 0 bridgehead atoms. The summed E-state index contributed by atoms with van der Waals surface area (Å²) in [6.07, 6.45) is 0.0697. The van der Waals surface area contributed by atoms with E-state index >= 15 is 0 Å². The van der Waals surface area contributed by atoms with Crippen LogP contribution < -0.4 is 10.1 Å². The van der Waals surface area contributed by atoms with Crippen LogP contribution in [0.3, 0.4) is 0 Å². The minimum atomic E-state index is -1.08. The van der Waals surface area contributed by atoms with Gasteiger partial charge in [0.2, 0.25) is 6.41 Å². The fourth-order valence-corrected chi connectivity index (χ4v) is 1.43. The zero-order valence-corrected chi connectivity index (χ0v) is 9.14. The highest BCUT2D eigenvalue weighted by atomic mass is 19.1. The highest BCUT2D eigenvalue weighted by Crippen LogP contribution is 2.23. The summed E-state index contributed by atoms with van der Waals surface area (Å²) in [5.41, 5.74) is 0.373. The highest BCUT2D eigenvalue weighted by molar-refractivity contribution is 5.68. The molecule has 0 fully saturated rings. The van der Waals surface area contributed by atoms with E-state index in [0.29, 0.717) is 12.0 Å². The molecule has 0 unspecified atom stereocenters. The van der Waals surface area contributed by atoms with Crippen LogP contribution in [-0.2, 0) is 9.59 Å². The first-order valence-corrected chi connectivity index (χ1v) is 4.83. The number of carboxylic acid groups (broad SMARTS) is 1. The van der Waals surface area contributed by atoms with E-state index in [1.54, 1.807) is 0 Å². The van der Waals surface area contributed by atoms with Crippen LogP contribution in [0.15, 0.2) is 18.2 Å². The maximum absolute atomic E-state index is 13.4. The number of rotatable bonds is 6. The third kappa shape index (κ3) is 3.44. The van der Waals surface area contributed by atoms with Gasteiger partial charge in [-0.1, -0.05) is 6.07 Å². The van der Waals surface area contributed by atoms with Crippen molar-refractivity contribution in [2.24, 2.45) is 0 Å². The molecule has 1 atom stereocenters. The maximum atomic E-state index is 13.4. The largest absolute Gasteiger partial charge is 0.494 e. The number of halogens is 1. The third-order valence-corrected chi connectivity index (χ3v) is 2.23. The molecule has 1 aromatic carbocycles. The average Bonchev–Trinajstić information content (AvgIpc) is 2.28. The van der Waals surface area contributed by atoms with E-state index in [1.165, 1.54) is 19.2 Å². The summed E-state index contributed by atoms with van der Waals surface area (Å²) in [5.74, 6) is -1.62. The lowest BCUT2D eigenvalue weighted by atomic mass is 10.0. The maximum Gasteiger partial charge on any atom is 0.305 e. The molecule has 1 rings (SSSR count). The number of nitrogens with one attached hydrogen (secondary N) is 1. The fraction of sp³-hybridized carbons (Fsp3) is 0.273. The Balaban J connectivity index is 2.97. The molecule has 0 heterocycles. The molecule has 0 saturated heterocycles. The van der Waals surface area contributed by atoms with Gasteiger partial charge in [-0.25, -0.2) is 4.39 Å². The summed E-state index contributed by atoms with van der Waals surface area (Å²) >= 11 is 0. The zero-order valence-electron chi connectivity index (χ0n) is 9.14. The Labute approximate surface area is 97.2 Å². The molecule has 0 radical (unpaired) electrons. The lowest BCUT2D eigenvalue weighted by Crippen LogP contribution is -2.22. The molecule has 1 aromatic rings. The Bertz CT molecular complexity index is 422. The number of aliphatic carboxylic acids is 1. The monoisotopic (exact) mass is 241 g/mol. The highest BCUT2D eigenvalue weighted by Gasteiger charge is 2.16. The molecule has 0 aliphatic heterocycles. The molecule has 92 valence electrons. The molecule has 0 aromatic heterocycles. The molecule has 6 heteroatoms. The number of carbonyl (C=O) groups excluding carboxylic acids is 1. The summed E-state index contributed by atoms with van der Waals surface area (Å²) in [7, 11) is 1.33. The van der Waals surface area contributed by atoms with Crippen molar-refractivity contribution in [2.75, 3.05) is 7.11 Å². The minimum Gasteiger partial charge on any atom is -0.494 e. The van der Waals surface area contributed by atoms with Gasteiger partial charge >= 0.3 is 5.97 Å². The van der Waals surface area contributed by atoms with Crippen molar-refractivity contribution in [1.29, 1.82) is 0 Å². The van der Waals surface area contributed by atoms with Gasteiger partial charge in [0.25, 0.3) is 0 Å². The number of ether oxygens (including phenoxy) is 1. The van der Waals surface area contributed by atoms with Crippen molar-refractivity contribution < 1.29 is 23.8 Å². The van der Waals surface area contributed by atoms with E-state index in [2.05, 4.69) is 5.32 Å². The van der Waals surface area contributed by atoms with E-state index in [4.69, 9.17) is 9.84 Å². The SMILES string of the molecule is COc1ccc([C@H](CC(=O)O)NC=O)cc1F. The number of methoxy groups -OCH3 is 1. The molecular weight excluding hydrogens is 229 g/mol. The van der Waals surface area contributed by atoms with E-state index in [-0.39, 0.29) is 12.2 Å². The second-order valence-corrected chi connectivity index (χ2v) is 3.33. The quantitative estimate of drug-likeness (QED) is 0.731. The number of carbonyl (C=O) groups is 2. The first kappa shape index (κ1) is 13.0. The van der Waals surface area contributed by atoms with Crippen molar-refractivity contribution in [3.8, 4) is 5.75 Å². The molecule has 1 amide bonds. The average molecular weight is 241 g/mol. The fourth-order valence-electron chi connectivity index (χ4n) is 1.43. The normalized spacial score (nSPS) is 11.6. The molecule has 0 saturated carbocycles. The summed E-state index contributed by atoms with van der Waals surface area (Å²) in [5, 5.41) is 11.0. The van der Waals surface area contributed by atoms with Gasteiger partial charge in [0.05, 0.1) is 19.6 Å². The van der Waals surface area contributed by atoms with Crippen molar-refractivity contribution in [3.63, 3.8) is 0 Å². The topological polar surface area (TPSA) is 75.6 Å². The summed E-state index contributed by atoms with van der Waals surface area (Å²) in [6, 6.07) is 3.27. The van der Waals surface area contributed by atoms with Crippen LogP contribution in [0.25, 0.3) is 0 Å². The van der Waals surface area contributed by atoms with Crippen LogP contribution in [0.2, 0.25) is 0 Å². The lowest BCUT2D eigenvalue weighted by molar-refractivity contribution is -0.137. The first-order chi connectivity index (χ1) is 8.08. The van der Waals surface area contributed by atoms with Crippen molar-refractivity contribution in [1.82, 2.24) is 5.32 Å². The smallest absolute Gasteiger partial charge is 0.305 e. The molecule has 2 N–H and O–H groups in total. The van der Waals surface area contributed by atoms with Crippen LogP contribution in [0, 0.1) is 5.82 Å². The first-order valence-electron chi connectivity index (χ1n) is 4.83. The van der Waals surface area contributed by atoms with Crippen LogP contribution in [0.1, 0.15) is 18.0 Å². The van der Waals surface area contributed by atoms with Crippen molar-refractivity contribution in [3.05, 3.63) is 29.6 Å². The predicted molar refractivity (Wildman–Crippen MR) is 57.1 cm³/mol. The van der Waals surface area contributed by atoms with Crippen LogP contribution in [0.5, 0.6) is 5.75 Å². The van der Waals surface area contributed by atoms with E-state index in [0.717, 1.165) is 6.07 Å². The summed E-state index contributed by atoms with van der Waals surface area (Å²) in [6.45, 7) is 0. The van der Waals surface area contributed by atoms with Gasteiger partial charge in [-0.2, -0.15) is 0 Å². The van der Waals surface area contributed by atoms with Crippen molar-refractivity contribution >= 4 is 12.4 Å². The Morgan fingerprint density at radius 2 is 2.35 bits per heavy atom. The molecule has 0 spiro atoms. The number of amides is 1. The molecule has 0 aliphatic rings. The van der Waals surface area contributed by atoms with Gasteiger partial charge in [0.1, 0.15) is 0 Å². The van der Waals surface area contributed by atoms with Crippen molar-refractivity contribution in [2.45, 2.75) is 12.5 Å². The van der Waals surface area contributed by atoms with Crippen LogP contribution >= 0.6 is 0 Å². The van der Waals surface area contributed by atoms with Gasteiger partial charge in [0.15, 0.2) is 11.6 Å². The molecular formula is C11H12FNO4. The Morgan fingerprint density at radius 1 is 1.65 bits per heavy atom. The van der Waals surface area contributed by atoms with Crippen LogP contribution in [0.4, 0.5) is 4.39 Å². The van der Waals surface area contributed by atoms with Crippen LogP contribution in [-0.4, -0.2) is 24.6 Å². The van der Waals surface area contributed by atoms with Gasteiger partial charge in [-0.05, 0) is 17.7 Å². The molecule has 5 nitrogen and oxygen atoms in total. The minimum absolute atomic E-state index is 0.0638. The third-order valence-electron chi connectivity index (χ3n) is 2.23. The molecule has 0 aliphatic carbocycles. The van der Waals surface area contributed by atoms with Gasteiger partial charge in [-0.3, -0.25) is 9.59 Å². The van der Waals surface area contributed by atoms with E-state index < -0.39 is 17.8 Å². The van der Waals surface area contributed by atoms with E-state index in [1.807, 2.05) is 0 Å². The predicted octanol–water partition coefficient (Wildman–Crippen LogP) is 1.10. The molecule has 17 heavy (non-hydrogen) atoms.